The number of sulfone groups is 1. The second kappa shape index (κ2) is 6.40. The molecular weight excluding hydrogens is 388 g/mol. The monoisotopic (exact) mass is 401 g/mol. The van der Waals surface area contributed by atoms with Gasteiger partial charge in [-0.2, -0.15) is 0 Å². The summed E-state index contributed by atoms with van der Waals surface area (Å²) in [6.07, 6.45) is 4.37. The average molecular weight is 402 g/mol. The predicted octanol–water partition coefficient (Wildman–Crippen LogP) is 2.86. The molecule has 2 aromatic rings. The number of amides is 1. The van der Waals surface area contributed by atoms with Crippen molar-refractivity contribution < 1.29 is 22.0 Å². The Labute approximate surface area is 153 Å². The number of nitrogens with one attached hydrogen (secondary N) is 1. The zero-order valence-electron chi connectivity index (χ0n) is 13.8. The van der Waals surface area contributed by atoms with Gasteiger partial charge in [0.15, 0.2) is 15.7 Å². The van der Waals surface area contributed by atoms with Crippen LogP contribution in [0.3, 0.4) is 0 Å². The number of carbonyl (C=O) groups is 1. The van der Waals surface area contributed by atoms with Crippen molar-refractivity contribution in [1.82, 2.24) is 9.47 Å². The number of aromatic nitrogens is 1. The topological polar surface area (TPSA) is 71.4 Å². The minimum atomic E-state index is -3.64. The Morgan fingerprint density at radius 2 is 1.96 bits per heavy atom. The Morgan fingerprint density at radius 3 is 2.65 bits per heavy atom. The Hall–Kier alpha value is -2.39. The first-order valence-corrected chi connectivity index (χ1v) is 9.40. The fraction of sp³-hybridized carbons (Fsp3) is 0.188. The molecule has 10 heteroatoms. The summed E-state index contributed by atoms with van der Waals surface area (Å²) in [5.74, 6) is -3.04. The highest BCUT2D eigenvalue weighted by Crippen LogP contribution is 2.29. The van der Waals surface area contributed by atoms with Gasteiger partial charge in [0.05, 0.1) is 10.6 Å². The molecule has 0 bridgehead atoms. The van der Waals surface area contributed by atoms with Crippen LogP contribution in [0.15, 0.2) is 29.4 Å². The average Bonchev–Trinajstić information content (AvgIpc) is 2.85. The van der Waals surface area contributed by atoms with Gasteiger partial charge in [0, 0.05) is 32.1 Å². The van der Waals surface area contributed by atoms with E-state index in [1.807, 2.05) is 0 Å². The van der Waals surface area contributed by atoms with E-state index >= 15 is 0 Å². The van der Waals surface area contributed by atoms with Crippen molar-refractivity contribution in [3.63, 3.8) is 0 Å². The van der Waals surface area contributed by atoms with Crippen LogP contribution >= 0.6 is 11.6 Å². The van der Waals surface area contributed by atoms with Crippen LogP contribution in [0.4, 0.5) is 14.5 Å². The molecule has 0 saturated carbocycles. The number of aryl methyl sites for hydroxylation is 1. The first-order valence-electron chi connectivity index (χ1n) is 7.37. The highest BCUT2D eigenvalue weighted by molar-refractivity contribution is 7.91. The molecule has 0 saturated heterocycles. The van der Waals surface area contributed by atoms with Gasteiger partial charge >= 0.3 is 0 Å². The summed E-state index contributed by atoms with van der Waals surface area (Å²) in [6, 6.07) is 1.96. The molecule has 3 rings (SSSR count). The lowest BCUT2D eigenvalue weighted by Crippen LogP contribution is -2.19. The van der Waals surface area contributed by atoms with E-state index in [1.54, 1.807) is 7.05 Å². The lowest BCUT2D eigenvalue weighted by molar-refractivity contribution is 0.101. The number of benzene rings is 1. The molecular formula is C16H14ClF2N3O3S. The molecule has 2 heterocycles. The highest BCUT2D eigenvalue weighted by atomic mass is 35.5. The minimum absolute atomic E-state index is 0.00311. The molecule has 138 valence electrons. The Bertz CT molecular complexity index is 1050. The number of anilines is 1. The van der Waals surface area contributed by atoms with Crippen molar-refractivity contribution in [2.45, 2.75) is 4.90 Å². The van der Waals surface area contributed by atoms with Gasteiger partial charge in [-0.05, 0) is 18.2 Å². The second-order valence-corrected chi connectivity index (χ2v) is 8.17. The van der Waals surface area contributed by atoms with Crippen LogP contribution in [0.25, 0.3) is 6.08 Å². The van der Waals surface area contributed by atoms with Gasteiger partial charge in [0.25, 0.3) is 5.91 Å². The number of fused-ring (bicyclic) bond motifs is 1. The molecule has 0 radical (unpaired) electrons. The molecule has 1 aliphatic rings. The van der Waals surface area contributed by atoms with E-state index in [-0.39, 0.29) is 27.7 Å². The molecule has 1 N–H and O–H groups in total. The summed E-state index contributed by atoms with van der Waals surface area (Å²) in [5, 5.41) is 1.56. The van der Waals surface area contributed by atoms with E-state index in [4.69, 9.17) is 11.6 Å². The van der Waals surface area contributed by atoms with Gasteiger partial charge in [-0.15, -0.1) is 0 Å². The zero-order valence-corrected chi connectivity index (χ0v) is 15.3. The number of halogens is 3. The molecule has 0 unspecified atom stereocenters. The van der Waals surface area contributed by atoms with E-state index in [2.05, 4.69) is 5.32 Å². The number of rotatable bonds is 2. The molecule has 1 aromatic heterocycles. The van der Waals surface area contributed by atoms with Crippen LogP contribution in [0.1, 0.15) is 16.1 Å². The van der Waals surface area contributed by atoms with Crippen molar-refractivity contribution >= 4 is 39.1 Å². The summed E-state index contributed by atoms with van der Waals surface area (Å²) in [7, 11) is -0.541. The second-order valence-electron chi connectivity index (χ2n) is 5.86. The van der Waals surface area contributed by atoms with E-state index in [1.165, 1.54) is 35.0 Å². The third-order valence-electron chi connectivity index (χ3n) is 3.89. The number of carbonyl (C=O) groups excluding carboxylic acids is 1. The Morgan fingerprint density at radius 1 is 1.27 bits per heavy atom. The third-order valence-corrected chi connectivity index (χ3v) is 5.98. The number of hydrogen-bond donors (Lipinski definition) is 1. The SMILES string of the molecule is CN1C=Cc2c(cn(C)c2C(=O)Nc2ccc(F)c(Cl)c2F)S(=O)(=O)C1. The summed E-state index contributed by atoms with van der Waals surface area (Å²) in [6.45, 7) is 0. The highest BCUT2D eigenvalue weighted by Gasteiger charge is 2.29. The molecule has 1 amide bonds. The lowest BCUT2D eigenvalue weighted by Gasteiger charge is -2.10. The minimum Gasteiger partial charge on any atom is -0.366 e. The molecule has 0 aliphatic carbocycles. The van der Waals surface area contributed by atoms with Crippen molar-refractivity contribution in [2.24, 2.45) is 7.05 Å². The van der Waals surface area contributed by atoms with Crippen LogP contribution in [0.5, 0.6) is 0 Å². The molecule has 1 aromatic carbocycles. The standard InChI is InChI=1S/C16H14ClF2N3O3S/c1-21-6-5-9-12(26(24,25)8-21)7-22(2)15(9)16(23)20-11-4-3-10(18)13(17)14(11)19/h3-7H,8H2,1-2H3,(H,20,23). The maximum atomic E-state index is 14.0. The molecule has 0 fully saturated rings. The van der Waals surface area contributed by atoms with E-state index in [0.29, 0.717) is 0 Å². The van der Waals surface area contributed by atoms with Crippen LogP contribution in [-0.2, 0) is 16.9 Å². The molecule has 0 spiro atoms. The summed E-state index contributed by atoms with van der Waals surface area (Å²) < 4.78 is 53.5. The van der Waals surface area contributed by atoms with Gasteiger partial charge in [0.2, 0.25) is 0 Å². The smallest absolute Gasteiger partial charge is 0.273 e. The van der Waals surface area contributed by atoms with Crippen LogP contribution in [0.2, 0.25) is 5.02 Å². The first-order chi connectivity index (χ1) is 12.1. The summed E-state index contributed by atoms with van der Waals surface area (Å²) >= 11 is 5.51. The Kier molecular flexibility index (Phi) is 4.53. The van der Waals surface area contributed by atoms with Crippen LogP contribution in [0, 0.1) is 11.6 Å². The van der Waals surface area contributed by atoms with Crippen molar-refractivity contribution in [3.8, 4) is 0 Å². The Balaban J connectivity index is 2.06. The van der Waals surface area contributed by atoms with Gasteiger partial charge in [-0.3, -0.25) is 4.79 Å². The molecule has 6 nitrogen and oxygen atoms in total. The summed E-state index contributed by atoms with van der Waals surface area (Å²) in [5.41, 5.74) is -0.0909. The van der Waals surface area contributed by atoms with Crippen molar-refractivity contribution in [2.75, 3.05) is 18.2 Å². The fourth-order valence-corrected chi connectivity index (χ4v) is 4.44. The van der Waals surface area contributed by atoms with Crippen molar-refractivity contribution in [1.29, 1.82) is 0 Å². The van der Waals surface area contributed by atoms with Crippen LogP contribution < -0.4 is 5.32 Å². The molecule has 1 aliphatic heterocycles. The molecule has 26 heavy (non-hydrogen) atoms. The maximum absolute atomic E-state index is 14.0. The van der Waals surface area contributed by atoms with Gasteiger partial charge < -0.3 is 14.8 Å². The summed E-state index contributed by atoms with van der Waals surface area (Å²) in [4.78, 5) is 14.1. The largest absolute Gasteiger partial charge is 0.366 e. The van der Waals surface area contributed by atoms with E-state index < -0.39 is 32.4 Å². The van der Waals surface area contributed by atoms with Crippen LogP contribution in [-0.4, -0.2) is 36.7 Å². The van der Waals surface area contributed by atoms with Gasteiger partial charge in [0.1, 0.15) is 22.4 Å². The first kappa shape index (κ1) is 18.4. The van der Waals surface area contributed by atoms with Crippen molar-refractivity contribution in [3.05, 3.63) is 52.4 Å². The predicted molar refractivity (Wildman–Crippen MR) is 93.6 cm³/mol. The van der Waals surface area contributed by atoms with Gasteiger partial charge in [-0.25, -0.2) is 17.2 Å². The number of nitrogens with zero attached hydrogens (tertiary/aromatic N) is 2. The van der Waals surface area contributed by atoms with Gasteiger partial charge in [-0.1, -0.05) is 11.6 Å². The van der Waals surface area contributed by atoms with E-state index in [0.717, 1.165) is 12.1 Å². The zero-order chi connectivity index (χ0) is 19.2. The lowest BCUT2D eigenvalue weighted by atomic mass is 10.2. The maximum Gasteiger partial charge on any atom is 0.273 e. The normalized spacial score (nSPS) is 15.5. The fourth-order valence-electron chi connectivity index (χ4n) is 2.69. The molecule has 0 atom stereocenters. The number of hydrogen-bond acceptors (Lipinski definition) is 4. The quantitative estimate of drug-likeness (QED) is 0.785. The van der Waals surface area contributed by atoms with E-state index in [9.17, 15) is 22.0 Å². The third kappa shape index (κ3) is 3.08.